The molecule has 0 fully saturated rings. The smallest absolute Gasteiger partial charge is 0.438 e. The molecule has 1 aliphatic rings. The molecule has 14 heavy (non-hydrogen) atoms. The fraction of sp³-hybridized carbons (Fsp3) is 0.545. The van der Waals surface area contributed by atoms with Gasteiger partial charge in [-0.1, -0.05) is 17.7 Å². The molecule has 0 saturated heterocycles. The second-order valence-corrected chi connectivity index (χ2v) is 3.19. The van der Waals surface area contributed by atoms with Crippen LogP contribution < -0.4 is 0 Å². The Morgan fingerprint density at radius 1 is 1.57 bits per heavy atom. The van der Waals surface area contributed by atoms with E-state index >= 15 is 0 Å². The molecular formula is C11H16O3. The van der Waals surface area contributed by atoms with E-state index in [9.17, 15) is 4.79 Å². The van der Waals surface area contributed by atoms with Gasteiger partial charge in [0.25, 0.3) is 0 Å². The van der Waals surface area contributed by atoms with Crippen molar-refractivity contribution in [3.8, 4) is 0 Å². The van der Waals surface area contributed by atoms with Crippen LogP contribution in [0.5, 0.6) is 0 Å². The standard InChI is InChI=1S/C11H16O3/c1-13-11(12)14-9-5-8-10-6-3-2-4-7-10/h5-6,8H,2-4,7,9H2,1H3/b8-5+. The van der Waals surface area contributed by atoms with Crippen LogP contribution in [0.1, 0.15) is 25.7 Å². The summed E-state index contributed by atoms with van der Waals surface area (Å²) in [5, 5.41) is 0. The maximum atomic E-state index is 10.6. The van der Waals surface area contributed by atoms with Crippen LogP contribution in [-0.4, -0.2) is 19.9 Å². The van der Waals surface area contributed by atoms with E-state index in [1.165, 1.54) is 25.5 Å². The number of rotatable bonds is 3. The molecule has 3 nitrogen and oxygen atoms in total. The van der Waals surface area contributed by atoms with E-state index in [2.05, 4.69) is 10.8 Å². The zero-order valence-corrected chi connectivity index (χ0v) is 8.49. The molecule has 0 aromatic rings. The fourth-order valence-electron chi connectivity index (χ4n) is 1.39. The van der Waals surface area contributed by atoms with E-state index in [0.717, 1.165) is 12.8 Å². The van der Waals surface area contributed by atoms with Crippen LogP contribution in [0.3, 0.4) is 0 Å². The SMILES string of the molecule is COC(=O)OC/C=C/C1=CCCCC1. The predicted molar refractivity (Wildman–Crippen MR) is 54.0 cm³/mol. The molecule has 1 rings (SSSR count). The molecule has 0 radical (unpaired) electrons. The molecule has 0 N–H and O–H groups in total. The number of carbonyl (C=O) groups excluding carboxylic acids is 1. The van der Waals surface area contributed by atoms with Gasteiger partial charge in [-0.3, -0.25) is 0 Å². The number of hydrogen-bond acceptors (Lipinski definition) is 3. The van der Waals surface area contributed by atoms with Gasteiger partial charge >= 0.3 is 6.16 Å². The minimum Gasteiger partial charge on any atom is -0.438 e. The third-order valence-corrected chi connectivity index (χ3v) is 2.12. The minimum atomic E-state index is -0.632. The number of ether oxygens (including phenoxy) is 2. The summed E-state index contributed by atoms with van der Waals surface area (Å²) in [6.45, 7) is 0.282. The molecule has 0 spiro atoms. The van der Waals surface area contributed by atoms with E-state index in [1.807, 2.05) is 12.2 Å². The van der Waals surface area contributed by atoms with Gasteiger partial charge < -0.3 is 9.47 Å². The number of hydrogen-bond donors (Lipinski definition) is 0. The van der Waals surface area contributed by atoms with Crippen LogP contribution in [0.4, 0.5) is 4.79 Å². The van der Waals surface area contributed by atoms with Crippen molar-refractivity contribution in [2.24, 2.45) is 0 Å². The molecular weight excluding hydrogens is 180 g/mol. The van der Waals surface area contributed by atoms with Gasteiger partial charge in [0.1, 0.15) is 6.61 Å². The number of allylic oxidation sites excluding steroid dienone is 3. The quantitative estimate of drug-likeness (QED) is 0.651. The summed E-state index contributed by atoms with van der Waals surface area (Å²) in [5.74, 6) is 0. The highest BCUT2D eigenvalue weighted by Gasteiger charge is 2.00. The molecule has 0 aromatic carbocycles. The monoisotopic (exact) mass is 196 g/mol. The summed E-state index contributed by atoms with van der Waals surface area (Å²) in [4.78, 5) is 10.6. The summed E-state index contributed by atoms with van der Waals surface area (Å²) in [6, 6.07) is 0. The van der Waals surface area contributed by atoms with Gasteiger partial charge in [-0.2, -0.15) is 0 Å². The van der Waals surface area contributed by atoms with Gasteiger partial charge in [0, 0.05) is 0 Å². The Bertz CT molecular complexity index is 241. The molecule has 78 valence electrons. The van der Waals surface area contributed by atoms with Crippen molar-refractivity contribution in [3.05, 3.63) is 23.8 Å². The Kier molecular flexibility index (Phi) is 4.83. The lowest BCUT2D eigenvalue weighted by molar-refractivity contribution is 0.0818. The van der Waals surface area contributed by atoms with Gasteiger partial charge in [0.05, 0.1) is 7.11 Å². The Morgan fingerprint density at radius 2 is 2.43 bits per heavy atom. The Labute approximate surface area is 84.4 Å². The maximum Gasteiger partial charge on any atom is 0.508 e. The number of carbonyl (C=O) groups is 1. The van der Waals surface area contributed by atoms with Crippen LogP contribution in [0.15, 0.2) is 23.8 Å². The van der Waals surface area contributed by atoms with Crippen LogP contribution in [0.2, 0.25) is 0 Å². The molecule has 0 atom stereocenters. The first-order valence-electron chi connectivity index (χ1n) is 4.89. The Morgan fingerprint density at radius 3 is 3.07 bits per heavy atom. The van der Waals surface area contributed by atoms with Crippen LogP contribution in [-0.2, 0) is 9.47 Å². The van der Waals surface area contributed by atoms with Crippen molar-refractivity contribution >= 4 is 6.16 Å². The highest BCUT2D eigenvalue weighted by atomic mass is 16.7. The first-order valence-corrected chi connectivity index (χ1v) is 4.89. The van der Waals surface area contributed by atoms with Crippen molar-refractivity contribution in [2.75, 3.05) is 13.7 Å². The Hall–Kier alpha value is -1.25. The largest absolute Gasteiger partial charge is 0.508 e. The maximum absolute atomic E-state index is 10.6. The van der Waals surface area contributed by atoms with E-state index in [0.29, 0.717) is 0 Å². The average Bonchev–Trinajstić information content (AvgIpc) is 2.25. The first kappa shape index (κ1) is 10.8. The van der Waals surface area contributed by atoms with Gasteiger partial charge in [-0.15, -0.1) is 0 Å². The molecule has 0 aliphatic heterocycles. The van der Waals surface area contributed by atoms with Crippen LogP contribution in [0.25, 0.3) is 0 Å². The minimum absolute atomic E-state index is 0.282. The molecule has 0 saturated carbocycles. The van der Waals surface area contributed by atoms with Crippen molar-refractivity contribution < 1.29 is 14.3 Å². The average molecular weight is 196 g/mol. The number of methoxy groups -OCH3 is 1. The van der Waals surface area contributed by atoms with Crippen molar-refractivity contribution in [1.82, 2.24) is 0 Å². The third kappa shape index (κ3) is 4.12. The lowest BCUT2D eigenvalue weighted by Gasteiger charge is -2.07. The summed E-state index contributed by atoms with van der Waals surface area (Å²) in [6.07, 6.45) is 10.3. The van der Waals surface area contributed by atoms with Gasteiger partial charge in [0.2, 0.25) is 0 Å². The highest BCUT2D eigenvalue weighted by molar-refractivity contribution is 5.59. The van der Waals surface area contributed by atoms with Gasteiger partial charge in [0.15, 0.2) is 0 Å². The Balaban J connectivity index is 2.19. The summed E-state index contributed by atoms with van der Waals surface area (Å²) in [5.41, 5.74) is 1.34. The fourth-order valence-corrected chi connectivity index (χ4v) is 1.39. The highest BCUT2D eigenvalue weighted by Crippen LogP contribution is 2.17. The van der Waals surface area contributed by atoms with E-state index < -0.39 is 6.16 Å². The normalized spacial score (nSPS) is 16.5. The van der Waals surface area contributed by atoms with Crippen molar-refractivity contribution in [3.63, 3.8) is 0 Å². The second-order valence-electron chi connectivity index (χ2n) is 3.19. The van der Waals surface area contributed by atoms with Crippen LogP contribution >= 0.6 is 0 Å². The summed E-state index contributed by atoms with van der Waals surface area (Å²) in [7, 11) is 1.30. The van der Waals surface area contributed by atoms with Crippen molar-refractivity contribution in [2.45, 2.75) is 25.7 Å². The molecule has 0 aromatic heterocycles. The third-order valence-electron chi connectivity index (χ3n) is 2.12. The summed E-state index contributed by atoms with van der Waals surface area (Å²) >= 11 is 0. The van der Waals surface area contributed by atoms with Crippen LogP contribution in [0, 0.1) is 0 Å². The van der Waals surface area contributed by atoms with Gasteiger partial charge in [-0.25, -0.2) is 4.79 Å². The first-order chi connectivity index (χ1) is 6.83. The van der Waals surface area contributed by atoms with E-state index in [1.54, 1.807) is 0 Å². The molecule has 0 unspecified atom stereocenters. The van der Waals surface area contributed by atoms with Crippen molar-refractivity contribution in [1.29, 1.82) is 0 Å². The molecule has 0 heterocycles. The molecule has 1 aliphatic carbocycles. The van der Waals surface area contributed by atoms with E-state index in [-0.39, 0.29) is 6.61 Å². The zero-order valence-electron chi connectivity index (χ0n) is 8.49. The lowest BCUT2D eigenvalue weighted by atomic mass is 9.99. The molecule has 0 bridgehead atoms. The topological polar surface area (TPSA) is 35.5 Å². The lowest BCUT2D eigenvalue weighted by Crippen LogP contribution is -2.03. The summed E-state index contributed by atoms with van der Waals surface area (Å²) < 4.78 is 9.04. The van der Waals surface area contributed by atoms with E-state index in [4.69, 9.17) is 4.74 Å². The zero-order chi connectivity index (χ0) is 10.2. The second kappa shape index (κ2) is 6.24. The predicted octanol–water partition coefficient (Wildman–Crippen LogP) is 2.83. The molecule has 0 amide bonds. The van der Waals surface area contributed by atoms with Gasteiger partial charge in [-0.05, 0) is 31.8 Å². The molecule has 3 heteroatoms.